The van der Waals surface area contributed by atoms with Crippen LogP contribution in [0.5, 0.6) is 0 Å². The van der Waals surface area contributed by atoms with E-state index in [0.717, 1.165) is 6.07 Å². The molecule has 3 aromatic rings. The van der Waals surface area contributed by atoms with Crippen molar-refractivity contribution < 1.29 is 21.6 Å². The molecule has 0 spiro atoms. The molecule has 0 aliphatic carbocycles. The van der Waals surface area contributed by atoms with Gasteiger partial charge >= 0.3 is 0 Å². The Bertz CT molecular complexity index is 1250. The zero-order chi connectivity index (χ0) is 21.5. The fraction of sp³-hybridized carbons (Fsp3) is 0.190. The van der Waals surface area contributed by atoms with Crippen LogP contribution in [0.3, 0.4) is 0 Å². The first kappa shape index (κ1) is 20.1. The van der Waals surface area contributed by atoms with Crippen LogP contribution in [0.25, 0.3) is 0 Å². The second-order valence-corrected chi connectivity index (χ2v) is 8.68. The van der Waals surface area contributed by atoms with E-state index in [0.29, 0.717) is 17.1 Å². The summed E-state index contributed by atoms with van der Waals surface area (Å²) in [6.45, 7) is 3.54. The van der Waals surface area contributed by atoms with Crippen molar-refractivity contribution in [2.75, 3.05) is 5.32 Å². The van der Waals surface area contributed by atoms with Gasteiger partial charge in [-0.2, -0.15) is 0 Å². The lowest BCUT2D eigenvalue weighted by molar-refractivity contribution is 0.465. The SMILES string of the molecule is Cc1ccc([C@@H](C)c2c(F)ccc3c2NC(=NCc2cccc(F)c2)NS3(=O)=O)o1. The maximum absolute atomic E-state index is 14.8. The third-order valence-electron chi connectivity index (χ3n) is 4.85. The first-order chi connectivity index (χ1) is 14.2. The van der Waals surface area contributed by atoms with E-state index in [9.17, 15) is 17.2 Å². The van der Waals surface area contributed by atoms with Gasteiger partial charge in [-0.05, 0) is 48.9 Å². The van der Waals surface area contributed by atoms with Crippen LogP contribution in [0.1, 0.15) is 35.5 Å². The average molecular weight is 431 g/mol. The largest absolute Gasteiger partial charge is 0.466 e. The van der Waals surface area contributed by atoms with Gasteiger partial charge in [0, 0.05) is 11.5 Å². The Labute approximate surface area is 172 Å². The Morgan fingerprint density at radius 1 is 1.13 bits per heavy atom. The van der Waals surface area contributed by atoms with Crippen molar-refractivity contribution in [2.24, 2.45) is 4.99 Å². The molecule has 1 aliphatic heterocycles. The van der Waals surface area contributed by atoms with Gasteiger partial charge in [0.15, 0.2) is 0 Å². The summed E-state index contributed by atoms with van der Waals surface area (Å²) in [5.74, 6) is -0.413. The number of sulfonamides is 1. The summed E-state index contributed by atoms with van der Waals surface area (Å²) >= 11 is 0. The molecule has 2 aromatic carbocycles. The molecule has 0 saturated carbocycles. The van der Waals surface area contributed by atoms with Crippen molar-refractivity contribution in [2.45, 2.75) is 31.2 Å². The molecular formula is C21H19F2N3O3S. The van der Waals surface area contributed by atoms with E-state index in [2.05, 4.69) is 15.0 Å². The second kappa shape index (κ2) is 7.56. The molecule has 0 fully saturated rings. The van der Waals surface area contributed by atoms with Crippen molar-refractivity contribution in [3.05, 3.63) is 82.8 Å². The Kier molecular flexibility index (Phi) is 5.07. The van der Waals surface area contributed by atoms with Gasteiger partial charge in [0.05, 0.1) is 12.2 Å². The van der Waals surface area contributed by atoms with E-state index in [-0.39, 0.29) is 28.7 Å². The number of fused-ring (bicyclic) bond motifs is 1. The molecule has 6 nitrogen and oxygen atoms in total. The lowest BCUT2D eigenvalue weighted by Gasteiger charge is -2.26. The fourth-order valence-electron chi connectivity index (χ4n) is 3.38. The van der Waals surface area contributed by atoms with Gasteiger partial charge < -0.3 is 9.73 Å². The highest BCUT2D eigenvalue weighted by Gasteiger charge is 2.32. The minimum Gasteiger partial charge on any atom is -0.466 e. The number of anilines is 1. The number of guanidine groups is 1. The summed E-state index contributed by atoms with van der Waals surface area (Å²) in [7, 11) is -3.97. The van der Waals surface area contributed by atoms with Gasteiger partial charge in [-0.1, -0.05) is 19.1 Å². The molecule has 30 heavy (non-hydrogen) atoms. The molecule has 0 radical (unpaired) electrons. The lowest BCUT2D eigenvalue weighted by atomic mass is 9.96. The molecule has 9 heteroatoms. The zero-order valence-electron chi connectivity index (χ0n) is 16.2. The highest BCUT2D eigenvalue weighted by molar-refractivity contribution is 7.90. The number of furan rings is 1. The standard InChI is InChI=1S/C21H19F2N3O3S/c1-12-6-8-17(29-12)13(2)19-16(23)7-9-18-20(19)25-21(26-30(18,27)28)24-11-14-4-3-5-15(22)10-14/h3-10,13H,11H2,1-2H3,(H2,24,25,26)/t13-/m1/s1. The van der Waals surface area contributed by atoms with Crippen LogP contribution in [-0.4, -0.2) is 14.4 Å². The zero-order valence-corrected chi connectivity index (χ0v) is 17.1. The number of hydrogen-bond acceptors (Lipinski definition) is 4. The van der Waals surface area contributed by atoms with Crippen molar-refractivity contribution in [1.29, 1.82) is 0 Å². The van der Waals surface area contributed by atoms with Crippen LogP contribution < -0.4 is 10.0 Å². The summed E-state index contributed by atoms with van der Waals surface area (Å²) in [6, 6.07) is 11.6. The Hall–Kier alpha value is -3.20. The smallest absolute Gasteiger partial charge is 0.266 e. The van der Waals surface area contributed by atoms with Gasteiger partial charge in [-0.3, -0.25) is 0 Å². The quantitative estimate of drug-likeness (QED) is 0.646. The summed E-state index contributed by atoms with van der Waals surface area (Å²) in [4.78, 5) is 4.11. The van der Waals surface area contributed by atoms with E-state index in [1.807, 2.05) is 0 Å². The lowest BCUT2D eigenvalue weighted by Crippen LogP contribution is -2.41. The molecule has 2 heterocycles. The van der Waals surface area contributed by atoms with Crippen LogP contribution in [-0.2, 0) is 16.6 Å². The molecule has 0 unspecified atom stereocenters. The molecule has 1 atom stereocenters. The van der Waals surface area contributed by atoms with Crippen LogP contribution in [0.15, 0.2) is 62.8 Å². The molecule has 1 aromatic heterocycles. The van der Waals surface area contributed by atoms with Crippen LogP contribution >= 0.6 is 0 Å². The van der Waals surface area contributed by atoms with E-state index in [4.69, 9.17) is 4.42 Å². The van der Waals surface area contributed by atoms with Gasteiger partial charge in [0.1, 0.15) is 28.1 Å². The fourth-order valence-corrected chi connectivity index (χ4v) is 4.54. The van der Waals surface area contributed by atoms with Gasteiger partial charge in [0.25, 0.3) is 10.0 Å². The molecule has 0 amide bonds. The molecule has 0 saturated heterocycles. The van der Waals surface area contributed by atoms with Gasteiger partial charge in [-0.15, -0.1) is 0 Å². The van der Waals surface area contributed by atoms with Crippen LogP contribution in [0.2, 0.25) is 0 Å². The number of rotatable bonds is 4. The topological polar surface area (TPSA) is 83.7 Å². The summed E-state index contributed by atoms with van der Waals surface area (Å²) in [5.41, 5.74) is 0.826. The number of nitrogens with zero attached hydrogens (tertiary/aromatic N) is 1. The number of nitrogens with one attached hydrogen (secondary N) is 2. The molecule has 2 N–H and O–H groups in total. The van der Waals surface area contributed by atoms with Crippen molar-refractivity contribution in [1.82, 2.24) is 4.72 Å². The number of halogens is 2. The average Bonchev–Trinajstić information content (AvgIpc) is 3.11. The van der Waals surface area contributed by atoms with Crippen molar-refractivity contribution in [3.8, 4) is 0 Å². The van der Waals surface area contributed by atoms with Gasteiger partial charge in [0.2, 0.25) is 5.96 Å². The third kappa shape index (κ3) is 3.80. The summed E-state index contributed by atoms with van der Waals surface area (Å²) in [5, 5.41) is 2.89. The highest BCUT2D eigenvalue weighted by Crippen LogP contribution is 2.38. The summed E-state index contributed by atoms with van der Waals surface area (Å²) in [6.07, 6.45) is 0. The number of aryl methyl sites for hydroxylation is 1. The van der Waals surface area contributed by atoms with E-state index in [1.54, 1.807) is 38.1 Å². The molecule has 4 rings (SSSR count). The van der Waals surface area contributed by atoms with Gasteiger partial charge in [-0.25, -0.2) is 26.9 Å². The minimum atomic E-state index is -3.97. The van der Waals surface area contributed by atoms with Crippen LogP contribution in [0, 0.1) is 18.6 Å². The number of hydrogen-bond donors (Lipinski definition) is 2. The van der Waals surface area contributed by atoms with Crippen molar-refractivity contribution in [3.63, 3.8) is 0 Å². The Morgan fingerprint density at radius 3 is 2.63 bits per heavy atom. The maximum atomic E-state index is 14.8. The predicted molar refractivity (Wildman–Crippen MR) is 109 cm³/mol. The maximum Gasteiger partial charge on any atom is 0.266 e. The third-order valence-corrected chi connectivity index (χ3v) is 6.23. The van der Waals surface area contributed by atoms with E-state index < -0.39 is 27.6 Å². The monoisotopic (exact) mass is 431 g/mol. The molecule has 1 aliphatic rings. The molecular weight excluding hydrogens is 412 g/mol. The Balaban J connectivity index is 1.75. The van der Waals surface area contributed by atoms with E-state index >= 15 is 0 Å². The second-order valence-electron chi connectivity index (χ2n) is 7.03. The van der Waals surface area contributed by atoms with E-state index in [1.165, 1.54) is 18.2 Å². The number of benzene rings is 2. The molecule has 0 bridgehead atoms. The molecule has 156 valence electrons. The van der Waals surface area contributed by atoms with Crippen LogP contribution in [0.4, 0.5) is 14.5 Å². The first-order valence-corrected chi connectivity index (χ1v) is 10.7. The first-order valence-electron chi connectivity index (χ1n) is 9.22. The predicted octanol–water partition coefficient (Wildman–Crippen LogP) is 4.28. The normalized spacial score (nSPS) is 17.1. The number of aliphatic imine (C=N–C) groups is 1. The highest BCUT2D eigenvalue weighted by atomic mass is 32.2. The Morgan fingerprint density at radius 2 is 1.93 bits per heavy atom. The minimum absolute atomic E-state index is 0.0372. The van der Waals surface area contributed by atoms with Crippen molar-refractivity contribution >= 4 is 21.7 Å². The summed E-state index contributed by atoms with van der Waals surface area (Å²) < 4.78 is 61.6.